The van der Waals surface area contributed by atoms with E-state index < -0.39 is 0 Å². The molecule has 2 heterocycles. The van der Waals surface area contributed by atoms with Crippen molar-refractivity contribution in [2.45, 2.75) is 12.8 Å². The zero-order valence-corrected chi connectivity index (χ0v) is 23.0. The Labute approximate surface area is 244 Å². The predicted octanol–water partition coefficient (Wildman–Crippen LogP) is 9.92. The number of nitrogens with zero attached hydrogens (tertiary/aromatic N) is 2. The first-order valence-corrected chi connectivity index (χ1v) is 14.4. The van der Waals surface area contributed by atoms with Crippen molar-refractivity contribution in [2.24, 2.45) is 9.98 Å². The molecule has 2 aliphatic heterocycles. The summed E-state index contributed by atoms with van der Waals surface area (Å²) in [4.78, 5) is 10.4. The molecule has 0 aliphatic carbocycles. The maximum absolute atomic E-state index is 5.26. The van der Waals surface area contributed by atoms with Crippen LogP contribution in [-0.2, 0) is 0 Å². The van der Waals surface area contributed by atoms with E-state index in [9.17, 15) is 0 Å². The molecule has 0 saturated carbocycles. The van der Waals surface area contributed by atoms with Gasteiger partial charge in [-0.2, -0.15) is 0 Å². The SMILES string of the molecule is C1=C=C(c2cccc3c4ccccc4c4cccc(C5=NC(c6ccccc6)=CCC5)c4c23)N=C(c2ccccc2)C=1. The van der Waals surface area contributed by atoms with E-state index in [1.165, 1.54) is 37.9 Å². The summed E-state index contributed by atoms with van der Waals surface area (Å²) in [6, 6.07) is 42.7. The summed E-state index contributed by atoms with van der Waals surface area (Å²) < 4.78 is 0. The van der Waals surface area contributed by atoms with Gasteiger partial charge in [0.2, 0.25) is 0 Å². The van der Waals surface area contributed by atoms with E-state index in [1.807, 2.05) is 24.3 Å². The van der Waals surface area contributed by atoms with E-state index in [4.69, 9.17) is 9.98 Å². The van der Waals surface area contributed by atoms with Crippen LogP contribution in [0.3, 0.4) is 0 Å². The van der Waals surface area contributed by atoms with Crippen molar-refractivity contribution in [3.63, 3.8) is 0 Å². The number of aliphatic imine (C=N–C) groups is 2. The Kier molecular flexibility index (Phi) is 5.87. The number of benzene rings is 6. The lowest BCUT2D eigenvalue weighted by atomic mass is 9.86. The van der Waals surface area contributed by atoms with Crippen LogP contribution in [0, 0.1) is 0 Å². The van der Waals surface area contributed by atoms with Gasteiger partial charge < -0.3 is 0 Å². The van der Waals surface area contributed by atoms with Crippen molar-refractivity contribution < 1.29 is 0 Å². The molecule has 6 aromatic rings. The second-order valence-electron chi connectivity index (χ2n) is 10.7. The number of rotatable bonds is 4. The Balaban J connectivity index is 1.44. The average Bonchev–Trinajstić information content (AvgIpc) is 3.09. The normalized spacial score (nSPS) is 14.6. The molecule has 0 aromatic heterocycles. The third-order valence-corrected chi connectivity index (χ3v) is 8.20. The molecule has 2 heteroatoms. The van der Waals surface area contributed by atoms with Gasteiger partial charge in [0.25, 0.3) is 0 Å². The smallest absolute Gasteiger partial charge is 0.122 e. The van der Waals surface area contributed by atoms with Crippen LogP contribution in [0.1, 0.15) is 35.1 Å². The highest BCUT2D eigenvalue weighted by Gasteiger charge is 2.20. The quantitative estimate of drug-likeness (QED) is 0.159. The monoisotopic (exact) mass is 534 g/mol. The Bertz CT molecular complexity index is 2240. The maximum atomic E-state index is 5.26. The first kappa shape index (κ1) is 24.3. The Morgan fingerprint density at radius 1 is 0.524 bits per heavy atom. The highest BCUT2D eigenvalue weighted by atomic mass is 14.8. The summed E-state index contributed by atoms with van der Waals surface area (Å²) in [5.41, 5.74) is 14.9. The van der Waals surface area contributed by atoms with Gasteiger partial charge in [-0.05, 0) is 51.1 Å². The fourth-order valence-electron chi connectivity index (χ4n) is 6.30. The summed E-state index contributed by atoms with van der Waals surface area (Å²) in [6.07, 6.45) is 6.03. The topological polar surface area (TPSA) is 24.7 Å². The minimum absolute atomic E-state index is 0.795. The second-order valence-corrected chi connectivity index (χ2v) is 10.7. The van der Waals surface area contributed by atoms with Crippen LogP contribution in [0.4, 0.5) is 0 Å². The number of allylic oxidation sites excluding steroid dienone is 2. The molecule has 6 aromatic carbocycles. The molecule has 0 N–H and O–H groups in total. The molecule has 0 radical (unpaired) electrons. The highest BCUT2D eigenvalue weighted by molar-refractivity contribution is 6.32. The third kappa shape index (κ3) is 4.07. The zero-order chi connectivity index (χ0) is 27.9. The van der Waals surface area contributed by atoms with Crippen molar-refractivity contribution >= 4 is 55.1 Å². The zero-order valence-electron chi connectivity index (χ0n) is 23.0. The van der Waals surface area contributed by atoms with Crippen molar-refractivity contribution in [2.75, 3.05) is 0 Å². The Morgan fingerprint density at radius 3 is 1.83 bits per heavy atom. The van der Waals surface area contributed by atoms with E-state index in [1.54, 1.807) is 0 Å². The number of hydrogen-bond acceptors (Lipinski definition) is 2. The van der Waals surface area contributed by atoms with Crippen LogP contribution in [0.15, 0.2) is 155 Å². The van der Waals surface area contributed by atoms with Crippen LogP contribution in [-0.4, -0.2) is 11.4 Å². The largest absolute Gasteiger partial charge is 0.253 e. The summed E-state index contributed by atoms with van der Waals surface area (Å²) in [6.45, 7) is 0. The fourth-order valence-corrected chi connectivity index (χ4v) is 6.30. The van der Waals surface area contributed by atoms with Gasteiger partial charge in [0.05, 0.1) is 11.4 Å². The van der Waals surface area contributed by atoms with E-state index in [-0.39, 0.29) is 0 Å². The molecular weight excluding hydrogens is 508 g/mol. The fraction of sp³-hybridized carbons (Fsp3) is 0.0500. The molecular formula is C40H26N2. The molecule has 8 rings (SSSR count). The molecule has 42 heavy (non-hydrogen) atoms. The average molecular weight is 535 g/mol. The molecule has 2 nitrogen and oxygen atoms in total. The Hall–Kier alpha value is -5.52. The maximum Gasteiger partial charge on any atom is 0.122 e. The Morgan fingerprint density at radius 2 is 1.12 bits per heavy atom. The van der Waals surface area contributed by atoms with E-state index in [2.05, 4.69) is 121 Å². The van der Waals surface area contributed by atoms with Crippen LogP contribution < -0.4 is 0 Å². The van der Waals surface area contributed by atoms with Crippen LogP contribution in [0.25, 0.3) is 43.7 Å². The standard InChI is InChI=1S/C40H26N2/c1-3-13-27(14-4-1)35-23-11-25-37(41-35)33-21-9-19-31-29-17-7-8-18-30(29)32-20-10-22-34(40(32)39(31)33)38-26-12-24-36(42-38)28-15-5-2-6-16-28/h1-10,13-24H,11,25H2. The summed E-state index contributed by atoms with van der Waals surface area (Å²) in [5.74, 6) is 0. The molecule has 0 unspecified atom stereocenters. The van der Waals surface area contributed by atoms with Gasteiger partial charge in [-0.3, -0.25) is 4.99 Å². The summed E-state index contributed by atoms with van der Waals surface area (Å²) in [7, 11) is 0. The highest BCUT2D eigenvalue weighted by Crippen LogP contribution is 2.41. The molecule has 0 saturated heterocycles. The molecule has 0 bridgehead atoms. The van der Waals surface area contributed by atoms with Gasteiger partial charge in [0.1, 0.15) is 5.70 Å². The molecule has 0 amide bonds. The lowest BCUT2D eigenvalue weighted by Crippen LogP contribution is -2.07. The van der Waals surface area contributed by atoms with Crippen LogP contribution in [0.5, 0.6) is 0 Å². The first-order valence-electron chi connectivity index (χ1n) is 14.4. The van der Waals surface area contributed by atoms with Crippen molar-refractivity contribution in [1.82, 2.24) is 0 Å². The van der Waals surface area contributed by atoms with Crippen molar-refractivity contribution in [3.05, 3.63) is 167 Å². The summed E-state index contributed by atoms with van der Waals surface area (Å²) >= 11 is 0. The minimum Gasteiger partial charge on any atom is -0.253 e. The van der Waals surface area contributed by atoms with Crippen LogP contribution >= 0.6 is 0 Å². The van der Waals surface area contributed by atoms with Crippen LogP contribution in [0.2, 0.25) is 0 Å². The molecule has 196 valence electrons. The van der Waals surface area contributed by atoms with Gasteiger partial charge in [-0.1, -0.05) is 133 Å². The number of fused-ring (bicyclic) bond motifs is 6. The predicted molar refractivity (Wildman–Crippen MR) is 177 cm³/mol. The lowest BCUT2D eigenvalue weighted by Gasteiger charge is -2.19. The summed E-state index contributed by atoms with van der Waals surface area (Å²) in [5, 5.41) is 7.31. The van der Waals surface area contributed by atoms with E-state index >= 15 is 0 Å². The van der Waals surface area contributed by atoms with Crippen molar-refractivity contribution in [3.8, 4) is 0 Å². The van der Waals surface area contributed by atoms with Crippen molar-refractivity contribution in [1.29, 1.82) is 0 Å². The molecule has 2 aliphatic rings. The second kappa shape index (κ2) is 10.1. The van der Waals surface area contributed by atoms with Gasteiger partial charge in [0, 0.05) is 33.9 Å². The van der Waals surface area contributed by atoms with Gasteiger partial charge in [0.15, 0.2) is 0 Å². The molecule has 0 fully saturated rings. The van der Waals surface area contributed by atoms with E-state index in [0.717, 1.165) is 52.3 Å². The first-order chi connectivity index (χ1) is 20.8. The van der Waals surface area contributed by atoms with Gasteiger partial charge >= 0.3 is 0 Å². The van der Waals surface area contributed by atoms with Gasteiger partial charge in [-0.15, -0.1) is 0 Å². The van der Waals surface area contributed by atoms with E-state index in [0.29, 0.717) is 0 Å². The van der Waals surface area contributed by atoms with Gasteiger partial charge in [-0.25, -0.2) is 4.99 Å². The molecule has 0 atom stereocenters. The lowest BCUT2D eigenvalue weighted by molar-refractivity contribution is 1.07. The molecule has 0 spiro atoms. The number of hydrogen-bond donors (Lipinski definition) is 0. The third-order valence-electron chi connectivity index (χ3n) is 8.20. The minimum atomic E-state index is 0.795.